The van der Waals surface area contributed by atoms with Gasteiger partial charge in [-0.05, 0) is 43.4 Å². The zero-order chi connectivity index (χ0) is 13.4. The van der Waals surface area contributed by atoms with Crippen LogP contribution < -0.4 is 0 Å². The average Bonchev–Trinajstić information content (AvgIpc) is 2.34. The molecule has 0 saturated heterocycles. The van der Waals surface area contributed by atoms with E-state index >= 15 is 0 Å². The Morgan fingerprint density at radius 1 is 1.00 bits per heavy atom. The van der Waals surface area contributed by atoms with Crippen LogP contribution in [0.25, 0.3) is 0 Å². The van der Waals surface area contributed by atoms with E-state index in [1.807, 2.05) is 0 Å². The van der Waals surface area contributed by atoms with Gasteiger partial charge in [0.1, 0.15) is 0 Å². The molecule has 0 nitrogen and oxygen atoms in total. The first-order valence-corrected chi connectivity index (χ1v) is 8.25. The van der Waals surface area contributed by atoms with Crippen LogP contribution in [0.15, 0.2) is 18.2 Å². The van der Waals surface area contributed by atoms with Gasteiger partial charge < -0.3 is 0 Å². The average molecular weight is 311 g/mol. The Bertz CT molecular complexity index is 343. The topological polar surface area (TPSA) is 0 Å². The fraction of sp³-hybridized carbons (Fsp3) is 0.647. The van der Waals surface area contributed by atoms with Crippen LogP contribution in [0.5, 0.6) is 0 Å². The van der Waals surface area contributed by atoms with E-state index in [9.17, 15) is 0 Å². The molecule has 0 amide bonds. The lowest BCUT2D eigenvalue weighted by Gasteiger charge is -2.11. The van der Waals surface area contributed by atoms with Gasteiger partial charge in [0.2, 0.25) is 0 Å². The van der Waals surface area contributed by atoms with E-state index in [1.54, 1.807) is 0 Å². The van der Waals surface area contributed by atoms with Crippen LogP contribution in [0.1, 0.15) is 62.1 Å². The number of hydrogen-bond donors (Lipinski definition) is 0. The molecule has 18 heavy (non-hydrogen) atoms. The van der Waals surface area contributed by atoms with Gasteiger partial charge in [0.25, 0.3) is 0 Å². The molecule has 0 N–H and O–H groups in total. The van der Waals surface area contributed by atoms with Crippen LogP contribution in [0.2, 0.25) is 0 Å². The molecule has 1 heteroatoms. The Balaban J connectivity index is 2.26. The maximum atomic E-state index is 3.83. The van der Waals surface area contributed by atoms with E-state index < -0.39 is 0 Å². The molecule has 102 valence electrons. The van der Waals surface area contributed by atoms with Crippen molar-refractivity contribution < 1.29 is 0 Å². The van der Waals surface area contributed by atoms with Crippen molar-refractivity contribution in [2.45, 2.75) is 70.5 Å². The number of halogens is 1. The molecule has 0 bridgehead atoms. The molecule has 0 radical (unpaired) electrons. The molecule has 0 aromatic heterocycles. The van der Waals surface area contributed by atoms with Gasteiger partial charge in [-0.1, -0.05) is 73.2 Å². The van der Waals surface area contributed by atoms with Gasteiger partial charge >= 0.3 is 0 Å². The van der Waals surface area contributed by atoms with E-state index in [1.165, 1.54) is 55.2 Å². The van der Waals surface area contributed by atoms with Gasteiger partial charge in [0, 0.05) is 4.83 Å². The summed E-state index contributed by atoms with van der Waals surface area (Å²) in [4.78, 5) is 0.640. The Labute approximate surface area is 121 Å². The number of benzene rings is 1. The standard InChI is InChI=1S/C17H27Br/c1-4-5-6-7-8-9-17(18)13-16-11-10-14(2)15(3)12-16/h10-12,17H,4-9,13H2,1-3H3. The zero-order valence-electron chi connectivity index (χ0n) is 12.1. The van der Waals surface area contributed by atoms with Crippen LogP contribution >= 0.6 is 15.9 Å². The lowest BCUT2D eigenvalue weighted by atomic mass is 10.0. The molecule has 0 aliphatic heterocycles. The Kier molecular flexibility index (Phi) is 7.65. The third-order valence-corrected chi connectivity index (χ3v) is 4.43. The van der Waals surface area contributed by atoms with Gasteiger partial charge in [-0.15, -0.1) is 0 Å². The predicted octanol–water partition coefficient (Wildman–Crippen LogP) is 5.97. The quantitative estimate of drug-likeness (QED) is 0.410. The molecule has 0 fully saturated rings. The maximum Gasteiger partial charge on any atom is 0.0186 e. The second-order valence-corrected chi connectivity index (χ2v) is 6.72. The highest BCUT2D eigenvalue weighted by molar-refractivity contribution is 9.09. The van der Waals surface area contributed by atoms with Crippen LogP contribution in [0, 0.1) is 13.8 Å². The van der Waals surface area contributed by atoms with E-state index in [0.29, 0.717) is 4.83 Å². The summed E-state index contributed by atoms with van der Waals surface area (Å²) in [6.45, 7) is 6.65. The number of aryl methyl sites for hydroxylation is 2. The molecule has 0 aliphatic carbocycles. The fourth-order valence-corrected chi connectivity index (χ4v) is 2.96. The Morgan fingerprint density at radius 3 is 2.39 bits per heavy atom. The summed E-state index contributed by atoms with van der Waals surface area (Å²) in [5.41, 5.74) is 4.27. The van der Waals surface area contributed by atoms with E-state index in [-0.39, 0.29) is 0 Å². The molecule has 1 aromatic carbocycles. The monoisotopic (exact) mass is 310 g/mol. The first kappa shape index (κ1) is 15.8. The van der Waals surface area contributed by atoms with Crippen LogP contribution in [0.3, 0.4) is 0 Å². The molecule has 1 aromatic rings. The van der Waals surface area contributed by atoms with Gasteiger partial charge in [-0.2, -0.15) is 0 Å². The second-order valence-electron chi connectivity index (χ2n) is 5.42. The summed E-state index contributed by atoms with van der Waals surface area (Å²) in [5.74, 6) is 0. The maximum absolute atomic E-state index is 3.83. The highest BCUT2D eigenvalue weighted by Crippen LogP contribution is 2.19. The summed E-state index contributed by atoms with van der Waals surface area (Å²) in [6.07, 6.45) is 9.35. The van der Waals surface area contributed by atoms with Crippen molar-refractivity contribution in [3.63, 3.8) is 0 Å². The molecular weight excluding hydrogens is 284 g/mol. The van der Waals surface area contributed by atoms with Crippen molar-refractivity contribution in [2.24, 2.45) is 0 Å². The Hall–Kier alpha value is -0.300. The Morgan fingerprint density at radius 2 is 1.72 bits per heavy atom. The molecule has 1 rings (SSSR count). The van der Waals surface area contributed by atoms with Crippen molar-refractivity contribution in [2.75, 3.05) is 0 Å². The van der Waals surface area contributed by atoms with E-state index in [0.717, 1.165) is 6.42 Å². The predicted molar refractivity (Wildman–Crippen MR) is 85.7 cm³/mol. The van der Waals surface area contributed by atoms with E-state index in [2.05, 4.69) is 54.9 Å². The minimum Gasteiger partial charge on any atom is -0.0887 e. The highest BCUT2D eigenvalue weighted by Gasteiger charge is 2.06. The molecule has 1 atom stereocenters. The number of unbranched alkanes of at least 4 members (excludes halogenated alkanes) is 4. The number of alkyl halides is 1. The van der Waals surface area contributed by atoms with Crippen LogP contribution in [-0.2, 0) is 6.42 Å². The summed E-state index contributed by atoms with van der Waals surface area (Å²) in [5, 5.41) is 0. The van der Waals surface area contributed by atoms with Crippen LogP contribution in [-0.4, -0.2) is 4.83 Å². The largest absolute Gasteiger partial charge is 0.0887 e. The van der Waals surface area contributed by atoms with Crippen molar-refractivity contribution in [3.05, 3.63) is 34.9 Å². The molecule has 0 aliphatic rings. The summed E-state index contributed by atoms with van der Waals surface area (Å²) in [7, 11) is 0. The molecule has 0 saturated carbocycles. The second kappa shape index (κ2) is 8.74. The lowest BCUT2D eigenvalue weighted by Crippen LogP contribution is -2.03. The van der Waals surface area contributed by atoms with Crippen molar-refractivity contribution >= 4 is 15.9 Å². The third kappa shape index (κ3) is 6.04. The molecule has 0 heterocycles. The van der Waals surface area contributed by atoms with Crippen molar-refractivity contribution in [3.8, 4) is 0 Å². The van der Waals surface area contributed by atoms with Gasteiger partial charge in [-0.25, -0.2) is 0 Å². The van der Waals surface area contributed by atoms with Gasteiger partial charge in [-0.3, -0.25) is 0 Å². The van der Waals surface area contributed by atoms with Crippen molar-refractivity contribution in [1.82, 2.24) is 0 Å². The fourth-order valence-electron chi connectivity index (χ4n) is 2.26. The molecular formula is C17H27Br. The minimum absolute atomic E-state index is 0.640. The highest BCUT2D eigenvalue weighted by atomic mass is 79.9. The summed E-state index contributed by atoms with van der Waals surface area (Å²) < 4.78 is 0. The normalized spacial score (nSPS) is 12.7. The lowest BCUT2D eigenvalue weighted by molar-refractivity contribution is 0.598. The molecule has 0 spiro atoms. The minimum atomic E-state index is 0.640. The third-order valence-electron chi connectivity index (χ3n) is 3.65. The van der Waals surface area contributed by atoms with Gasteiger partial charge in [0.15, 0.2) is 0 Å². The van der Waals surface area contributed by atoms with E-state index in [4.69, 9.17) is 0 Å². The number of hydrogen-bond acceptors (Lipinski definition) is 0. The number of rotatable bonds is 8. The van der Waals surface area contributed by atoms with Crippen molar-refractivity contribution in [1.29, 1.82) is 0 Å². The first-order valence-electron chi connectivity index (χ1n) is 7.33. The first-order chi connectivity index (χ1) is 8.63. The smallest absolute Gasteiger partial charge is 0.0186 e. The summed E-state index contributed by atoms with van der Waals surface area (Å²) >= 11 is 3.83. The zero-order valence-corrected chi connectivity index (χ0v) is 13.7. The van der Waals surface area contributed by atoms with Crippen LogP contribution in [0.4, 0.5) is 0 Å². The molecule has 1 unspecified atom stereocenters. The SMILES string of the molecule is CCCCCCCC(Br)Cc1ccc(C)c(C)c1. The van der Waals surface area contributed by atoms with Gasteiger partial charge in [0.05, 0.1) is 0 Å². The summed E-state index contributed by atoms with van der Waals surface area (Å²) in [6, 6.07) is 6.85.